The van der Waals surface area contributed by atoms with Crippen LogP contribution in [-0.4, -0.2) is 24.0 Å². The number of fused-ring (bicyclic) bond motifs is 1. The average Bonchev–Trinajstić information content (AvgIpc) is 2.68. The van der Waals surface area contributed by atoms with Crippen LogP contribution in [0.4, 0.5) is 0 Å². The number of nitrogens with one attached hydrogen (secondary N) is 2. The number of rotatable bonds is 3. The summed E-state index contributed by atoms with van der Waals surface area (Å²) in [6.07, 6.45) is 0. The number of thiazole rings is 1. The van der Waals surface area contributed by atoms with Crippen LogP contribution in [0.3, 0.4) is 0 Å². The van der Waals surface area contributed by atoms with Crippen molar-refractivity contribution in [3.05, 3.63) is 16.1 Å². The number of piperidine rings is 1. The summed E-state index contributed by atoms with van der Waals surface area (Å²) in [7, 11) is 0. The number of aromatic nitrogens is 1. The van der Waals surface area contributed by atoms with E-state index in [0.717, 1.165) is 23.8 Å². The molecule has 1 saturated carbocycles. The van der Waals surface area contributed by atoms with Gasteiger partial charge in [-0.05, 0) is 45.7 Å². The van der Waals surface area contributed by atoms with Crippen molar-refractivity contribution in [2.45, 2.75) is 26.3 Å². The smallest absolute Gasteiger partial charge is 0.224 e. The van der Waals surface area contributed by atoms with Crippen molar-refractivity contribution in [1.82, 2.24) is 15.6 Å². The van der Waals surface area contributed by atoms with Crippen LogP contribution >= 0.6 is 11.3 Å². The molecule has 18 heavy (non-hydrogen) atoms. The van der Waals surface area contributed by atoms with Gasteiger partial charge in [0.2, 0.25) is 5.91 Å². The van der Waals surface area contributed by atoms with E-state index in [2.05, 4.69) is 15.6 Å². The summed E-state index contributed by atoms with van der Waals surface area (Å²) in [5.41, 5.74) is 0.658. The molecule has 0 bridgehead atoms. The summed E-state index contributed by atoms with van der Waals surface area (Å²) in [5, 5.41) is 9.48. The van der Waals surface area contributed by atoms with E-state index in [1.54, 1.807) is 11.3 Å². The van der Waals surface area contributed by atoms with Crippen molar-refractivity contribution in [1.29, 1.82) is 0 Å². The molecule has 2 aliphatic rings. The van der Waals surface area contributed by atoms with Gasteiger partial charge >= 0.3 is 0 Å². The highest BCUT2D eigenvalue weighted by Crippen LogP contribution is 2.49. The number of nitrogens with zero attached hydrogens (tertiary/aromatic N) is 1. The molecule has 1 aromatic rings. The van der Waals surface area contributed by atoms with Gasteiger partial charge in [-0.2, -0.15) is 0 Å². The van der Waals surface area contributed by atoms with Crippen LogP contribution in [0, 0.1) is 24.7 Å². The number of aryl methyl sites for hydroxylation is 1. The molecule has 3 atom stereocenters. The zero-order chi connectivity index (χ0) is 12.9. The highest BCUT2D eigenvalue weighted by atomic mass is 32.1. The minimum atomic E-state index is -0.361. The molecule has 4 nitrogen and oxygen atoms in total. The fraction of sp³-hybridized carbons (Fsp3) is 0.692. The van der Waals surface area contributed by atoms with Crippen LogP contribution in [0.15, 0.2) is 5.38 Å². The maximum Gasteiger partial charge on any atom is 0.224 e. The Hall–Kier alpha value is -0.940. The molecule has 98 valence electrons. The lowest BCUT2D eigenvalue weighted by atomic mass is 10.1. The van der Waals surface area contributed by atoms with Crippen molar-refractivity contribution >= 4 is 17.2 Å². The SMILES string of the molecule is Cc1csc(C(C)(C)NC(=O)C2C3CNC[C@@H]32)n1. The molecule has 1 saturated heterocycles. The number of carbonyl (C=O) groups excluding carboxylic acids is 1. The first-order chi connectivity index (χ1) is 8.49. The van der Waals surface area contributed by atoms with Crippen LogP contribution in [-0.2, 0) is 10.3 Å². The van der Waals surface area contributed by atoms with Gasteiger partial charge < -0.3 is 10.6 Å². The van der Waals surface area contributed by atoms with E-state index in [-0.39, 0.29) is 17.4 Å². The van der Waals surface area contributed by atoms with Gasteiger partial charge in [-0.1, -0.05) is 0 Å². The number of carbonyl (C=O) groups is 1. The Morgan fingerprint density at radius 3 is 2.72 bits per heavy atom. The third-order valence-electron chi connectivity index (χ3n) is 3.98. The fourth-order valence-corrected chi connectivity index (χ4v) is 3.77. The Balaban J connectivity index is 1.67. The molecule has 1 aliphatic carbocycles. The first-order valence-electron chi connectivity index (χ1n) is 6.44. The van der Waals surface area contributed by atoms with E-state index < -0.39 is 0 Å². The molecule has 0 radical (unpaired) electrons. The van der Waals surface area contributed by atoms with Gasteiger partial charge in [-0.25, -0.2) is 4.98 Å². The minimum Gasteiger partial charge on any atom is -0.344 e. The molecule has 5 heteroatoms. The van der Waals surface area contributed by atoms with Gasteiger partial charge in [0.1, 0.15) is 5.01 Å². The van der Waals surface area contributed by atoms with Gasteiger partial charge in [-0.15, -0.1) is 11.3 Å². The van der Waals surface area contributed by atoms with Gasteiger partial charge in [0.15, 0.2) is 0 Å². The summed E-state index contributed by atoms with van der Waals surface area (Å²) in [5.74, 6) is 1.56. The molecule has 2 unspecified atom stereocenters. The predicted octanol–water partition coefficient (Wildman–Crippen LogP) is 1.27. The molecule has 2 fully saturated rings. The van der Waals surface area contributed by atoms with Gasteiger partial charge in [-0.3, -0.25) is 4.79 Å². The van der Waals surface area contributed by atoms with E-state index in [0.29, 0.717) is 11.8 Å². The second kappa shape index (κ2) is 4.03. The lowest BCUT2D eigenvalue weighted by Gasteiger charge is -2.24. The van der Waals surface area contributed by atoms with Crippen LogP contribution < -0.4 is 10.6 Å². The molecule has 1 aliphatic heterocycles. The second-order valence-electron chi connectivity index (χ2n) is 5.92. The van der Waals surface area contributed by atoms with Gasteiger partial charge in [0.25, 0.3) is 0 Å². The van der Waals surface area contributed by atoms with Crippen molar-refractivity contribution in [2.24, 2.45) is 17.8 Å². The van der Waals surface area contributed by atoms with Crippen molar-refractivity contribution in [3.8, 4) is 0 Å². The lowest BCUT2D eigenvalue weighted by molar-refractivity contribution is -0.124. The first-order valence-corrected chi connectivity index (χ1v) is 7.32. The number of amides is 1. The van der Waals surface area contributed by atoms with Crippen molar-refractivity contribution in [3.63, 3.8) is 0 Å². The van der Waals surface area contributed by atoms with E-state index in [9.17, 15) is 4.79 Å². The standard InChI is InChI=1S/C13H19N3OS/c1-7-6-18-12(15-7)13(2,3)16-11(17)10-8-4-14-5-9(8)10/h6,8-10,14H,4-5H2,1-3H3,(H,16,17)/t8-,9?,10?/m0/s1. The first kappa shape index (κ1) is 12.1. The van der Waals surface area contributed by atoms with Gasteiger partial charge in [0, 0.05) is 17.0 Å². The summed E-state index contributed by atoms with van der Waals surface area (Å²) < 4.78 is 0. The normalized spacial score (nSPS) is 30.1. The third kappa shape index (κ3) is 1.95. The molecule has 2 heterocycles. The fourth-order valence-electron chi connectivity index (χ4n) is 2.89. The van der Waals surface area contributed by atoms with E-state index in [1.165, 1.54) is 0 Å². The molecule has 0 spiro atoms. The summed E-state index contributed by atoms with van der Waals surface area (Å²) in [4.78, 5) is 16.7. The van der Waals surface area contributed by atoms with Crippen LogP contribution in [0.2, 0.25) is 0 Å². The topological polar surface area (TPSA) is 54.0 Å². The highest BCUT2D eigenvalue weighted by molar-refractivity contribution is 7.09. The molecular weight excluding hydrogens is 246 g/mol. The second-order valence-corrected chi connectivity index (χ2v) is 6.78. The van der Waals surface area contributed by atoms with Crippen molar-refractivity contribution < 1.29 is 4.79 Å². The minimum absolute atomic E-state index is 0.198. The van der Waals surface area contributed by atoms with Crippen LogP contribution in [0.5, 0.6) is 0 Å². The molecule has 0 aromatic carbocycles. The Morgan fingerprint density at radius 1 is 1.50 bits per heavy atom. The van der Waals surface area contributed by atoms with Crippen molar-refractivity contribution in [2.75, 3.05) is 13.1 Å². The van der Waals surface area contributed by atoms with E-state index in [1.807, 2.05) is 26.2 Å². The molecule has 2 N–H and O–H groups in total. The Morgan fingerprint density at radius 2 is 2.17 bits per heavy atom. The Bertz CT molecular complexity index is 472. The monoisotopic (exact) mass is 265 g/mol. The van der Waals surface area contributed by atoms with E-state index >= 15 is 0 Å². The summed E-state index contributed by atoms with van der Waals surface area (Å²) in [6.45, 7) is 8.03. The summed E-state index contributed by atoms with van der Waals surface area (Å²) in [6, 6.07) is 0. The molecule has 1 aromatic heterocycles. The Labute approximate surface area is 111 Å². The average molecular weight is 265 g/mol. The predicted molar refractivity (Wildman–Crippen MR) is 71.4 cm³/mol. The largest absolute Gasteiger partial charge is 0.344 e. The number of hydrogen-bond donors (Lipinski definition) is 2. The van der Waals surface area contributed by atoms with E-state index in [4.69, 9.17) is 0 Å². The summed E-state index contributed by atoms with van der Waals surface area (Å²) >= 11 is 1.61. The van der Waals surface area contributed by atoms with Crippen LogP contribution in [0.25, 0.3) is 0 Å². The zero-order valence-corrected chi connectivity index (χ0v) is 11.8. The lowest BCUT2D eigenvalue weighted by Crippen LogP contribution is -2.43. The maximum atomic E-state index is 12.3. The zero-order valence-electron chi connectivity index (χ0n) is 11.0. The van der Waals surface area contributed by atoms with Crippen LogP contribution in [0.1, 0.15) is 24.5 Å². The Kier molecular flexibility index (Phi) is 2.71. The number of hydrogen-bond acceptors (Lipinski definition) is 4. The highest BCUT2D eigenvalue weighted by Gasteiger charge is 2.57. The quantitative estimate of drug-likeness (QED) is 0.865. The maximum absolute atomic E-state index is 12.3. The van der Waals surface area contributed by atoms with Gasteiger partial charge in [0.05, 0.1) is 5.54 Å². The molecular formula is C13H19N3OS. The third-order valence-corrected chi connectivity index (χ3v) is 5.27. The molecule has 1 amide bonds. The molecule has 3 rings (SSSR count).